The Labute approximate surface area is 233 Å². The van der Waals surface area contributed by atoms with Crippen molar-refractivity contribution in [3.8, 4) is 23.1 Å². The van der Waals surface area contributed by atoms with Crippen LogP contribution in [0.25, 0.3) is 16.9 Å². The van der Waals surface area contributed by atoms with Crippen LogP contribution in [0.15, 0.2) is 109 Å². The molecule has 2 aromatic carbocycles. The number of carbonyl (C=O) groups excluding carboxylic acids is 1. The predicted octanol–water partition coefficient (Wildman–Crippen LogP) is 5.13. The Morgan fingerprint density at radius 3 is 2.58 bits per heavy atom. The van der Waals surface area contributed by atoms with Crippen molar-refractivity contribution < 1.29 is 9.53 Å². The minimum absolute atomic E-state index is 0.0280. The molecular weight excluding hydrogens is 498 g/mol. The summed E-state index contributed by atoms with van der Waals surface area (Å²) in [5.41, 5.74) is 7.00. The van der Waals surface area contributed by atoms with Gasteiger partial charge in [0.05, 0.1) is 25.1 Å². The molecule has 2 aromatic heterocycles. The van der Waals surface area contributed by atoms with Crippen LogP contribution in [0.3, 0.4) is 0 Å². The van der Waals surface area contributed by atoms with Gasteiger partial charge in [0.25, 0.3) is 5.91 Å². The molecule has 40 heavy (non-hydrogen) atoms. The maximum atomic E-state index is 12.8. The Bertz CT molecular complexity index is 1680. The summed E-state index contributed by atoms with van der Waals surface area (Å²) in [6.45, 7) is 2.41. The number of rotatable bonds is 4. The average molecular weight is 528 g/mol. The zero-order valence-corrected chi connectivity index (χ0v) is 22.3. The lowest BCUT2D eigenvalue weighted by molar-refractivity contribution is 0.0303. The van der Waals surface area contributed by atoms with Crippen LogP contribution >= 0.6 is 0 Å². The van der Waals surface area contributed by atoms with Gasteiger partial charge in [-0.2, -0.15) is 5.10 Å². The van der Waals surface area contributed by atoms with Gasteiger partial charge in [-0.1, -0.05) is 48.4 Å². The fourth-order valence-corrected chi connectivity index (χ4v) is 4.76. The van der Waals surface area contributed by atoms with E-state index < -0.39 is 0 Å². The summed E-state index contributed by atoms with van der Waals surface area (Å²) in [6.07, 6.45) is 10.9. The Morgan fingerprint density at radius 1 is 0.975 bits per heavy atom. The summed E-state index contributed by atoms with van der Waals surface area (Å²) in [6, 6.07) is 21.8. The molecule has 1 saturated heterocycles. The number of ether oxygens (including phenoxy) is 1. The molecule has 1 aliphatic heterocycles. The molecule has 6 rings (SSSR count). The van der Waals surface area contributed by atoms with E-state index in [0.717, 1.165) is 40.3 Å². The third-order valence-corrected chi connectivity index (χ3v) is 7.06. The predicted molar refractivity (Wildman–Crippen MR) is 157 cm³/mol. The normalized spacial score (nSPS) is 15.1. The van der Waals surface area contributed by atoms with Crippen LogP contribution in [0.2, 0.25) is 0 Å². The van der Waals surface area contributed by atoms with Crippen LogP contribution in [0.5, 0.6) is 0 Å². The van der Waals surface area contributed by atoms with Gasteiger partial charge in [-0.15, -0.1) is 0 Å². The lowest BCUT2D eigenvalue weighted by atomic mass is 10.1. The molecule has 0 radical (unpaired) electrons. The minimum atomic E-state index is 0.0280. The zero-order valence-electron chi connectivity index (χ0n) is 22.3. The van der Waals surface area contributed by atoms with Crippen LogP contribution in [-0.4, -0.2) is 58.8 Å². The molecule has 2 aliphatic rings. The lowest BCUT2D eigenvalue weighted by Crippen LogP contribution is -2.40. The third kappa shape index (κ3) is 5.44. The molecule has 0 saturated carbocycles. The van der Waals surface area contributed by atoms with Crippen molar-refractivity contribution in [3.63, 3.8) is 0 Å². The van der Waals surface area contributed by atoms with Crippen molar-refractivity contribution in [2.75, 3.05) is 38.3 Å². The Hall–Kier alpha value is -4.93. The van der Waals surface area contributed by atoms with E-state index in [-0.39, 0.29) is 5.91 Å². The van der Waals surface area contributed by atoms with E-state index in [0.29, 0.717) is 37.6 Å². The SMILES string of the molecule is CN(C1=CC(C#Cc2cnc3ccc(-c4ccc(C(=O)N5CCOCC5)cc4)nn23)=CC=CC1)c1ccccc1. The van der Waals surface area contributed by atoms with E-state index in [1.54, 1.807) is 10.7 Å². The number of anilines is 1. The highest BCUT2D eigenvalue weighted by molar-refractivity contribution is 5.94. The summed E-state index contributed by atoms with van der Waals surface area (Å²) >= 11 is 0. The van der Waals surface area contributed by atoms with Gasteiger partial charge in [0.2, 0.25) is 0 Å². The average Bonchev–Trinajstić information content (AvgIpc) is 3.27. The number of hydrogen-bond acceptors (Lipinski definition) is 5. The first-order valence-electron chi connectivity index (χ1n) is 13.4. The van der Waals surface area contributed by atoms with E-state index in [9.17, 15) is 4.79 Å². The maximum Gasteiger partial charge on any atom is 0.254 e. The summed E-state index contributed by atoms with van der Waals surface area (Å²) < 4.78 is 7.13. The molecule has 0 unspecified atom stereocenters. The van der Waals surface area contributed by atoms with Crippen molar-refractivity contribution in [1.29, 1.82) is 0 Å². The molecule has 0 atom stereocenters. The highest BCUT2D eigenvalue weighted by Crippen LogP contribution is 2.23. The summed E-state index contributed by atoms with van der Waals surface area (Å²) in [4.78, 5) is 21.3. The molecular formula is C33H29N5O2. The van der Waals surface area contributed by atoms with Gasteiger partial charge in [0.15, 0.2) is 5.65 Å². The fraction of sp³-hybridized carbons (Fsp3) is 0.182. The Morgan fingerprint density at radius 2 is 1.77 bits per heavy atom. The second kappa shape index (κ2) is 11.4. The number of amides is 1. The first kappa shape index (κ1) is 25.4. The maximum absolute atomic E-state index is 12.8. The van der Waals surface area contributed by atoms with Crippen LogP contribution in [-0.2, 0) is 4.74 Å². The number of imidazole rings is 1. The molecule has 1 fully saturated rings. The number of nitrogens with zero attached hydrogens (tertiary/aromatic N) is 5. The van der Waals surface area contributed by atoms with E-state index in [1.807, 2.05) is 71.6 Å². The summed E-state index contributed by atoms with van der Waals surface area (Å²) in [5, 5.41) is 4.82. The Balaban J connectivity index is 1.24. The number of para-hydroxylation sites is 1. The van der Waals surface area contributed by atoms with Gasteiger partial charge in [-0.25, -0.2) is 9.50 Å². The first-order valence-corrected chi connectivity index (χ1v) is 13.4. The largest absolute Gasteiger partial charge is 0.378 e. The third-order valence-electron chi connectivity index (χ3n) is 7.06. The molecule has 7 nitrogen and oxygen atoms in total. The van der Waals surface area contributed by atoms with Crippen molar-refractivity contribution in [1.82, 2.24) is 19.5 Å². The number of fused-ring (bicyclic) bond motifs is 1. The van der Waals surface area contributed by atoms with Crippen LogP contribution in [0.1, 0.15) is 22.5 Å². The number of carbonyl (C=O) groups is 1. The quantitative estimate of drug-likeness (QED) is 0.345. The molecule has 0 spiro atoms. The lowest BCUT2D eigenvalue weighted by Gasteiger charge is -2.26. The topological polar surface area (TPSA) is 63.0 Å². The molecule has 0 bridgehead atoms. The van der Waals surface area contributed by atoms with E-state index in [1.165, 1.54) is 0 Å². The molecule has 1 amide bonds. The van der Waals surface area contributed by atoms with Crippen molar-refractivity contribution in [2.24, 2.45) is 0 Å². The van der Waals surface area contributed by atoms with Gasteiger partial charge >= 0.3 is 0 Å². The van der Waals surface area contributed by atoms with Gasteiger partial charge in [0, 0.05) is 54.6 Å². The molecule has 1 aliphatic carbocycles. The number of morpholine rings is 1. The highest BCUT2D eigenvalue weighted by atomic mass is 16.5. The van der Waals surface area contributed by atoms with Crippen LogP contribution in [0, 0.1) is 11.8 Å². The minimum Gasteiger partial charge on any atom is -0.378 e. The first-order chi connectivity index (χ1) is 19.7. The van der Waals surface area contributed by atoms with E-state index in [4.69, 9.17) is 9.84 Å². The zero-order chi connectivity index (χ0) is 27.3. The smallest absolute Gasteiger partial charge is 0.254 e. The monoisotopic (exact) mass is 527 g/mol. The van der Waals surface area contributed by atoms with Crippen molar-refractivity contribution in [3.05, 3.63) is 120 Å². The molecule has 4 aromatic rings. The second-order valence-electron chi connectivity index (χ2n) is 9.65. The van der Waals surface area contributed by atoms with Crippen molar-refractivity contribution >= 4 is 17.2 Å². The fourth-order valence-electron chi connectivity index (χ4n) is 4.76. The number of aromatic nitrogens is 3. The van der Waals surface area contributed by atoms with Gasteiger partial charge in [0.1, 0.15) is 5.69 Å². The number of hydrogen-bond donors (Lipinski definition) is 0. The van der Waals surface area contributed by atoms with E-state index in [2.05, 4.69) is 53.1 Å². The van der Waals surface area contributed by atoms with Gasteiger partial charge in [-0.3, -0.25) is 4.79 Å². The number of allylic oxidation sites excluding steroid dienone is 5. The van der Waals surface area contributed by atoms with E-state index >= 15 is 0 Å². The molecule has 0 N–H and O–H groups in total. The van der Waals surface area contributed by atoms with Gasteiger partial charge in [-0.05, 0) is 54.5 Å². The molecule has 198 valence electrons. The molecule has 7 heteroatoms. The second-order valence-corrected chi connectivity index (χ2v) is 9.65. The summed E-state index contributed by atoms with van der Waals surface area (Å²) in [5.74, 6) is 6.60. The van der Waals surface area contributed by atoms with Crippen LogP contribution in [0.4, 0.5) is 5.69 Å². The summed E-state index contributed by atoms with van der Waals surface area (Å²) in [7, 11) is 2.08. The standard InChI is InChI=1S/C33H29N5O2/c1-36(28-8-3-2-4-9-28)29-10-6-5-7-25(23-29)11-16-30-24-34-32-18-17-31(35-38(30)32)26-12-14-27(15-13-26)33(39)37-19-21-40-22-20-37/h2-9,12-15,17-18,23-24H,10,19-22H2,1H3. The number of benzene rings is 2. The van der Waals surface area contributed by atoms with Gasteiger partial charge < -0.3 is 14.5 Å². The highest BCUT2D eigenvalue weighted by Gasteiger charge is 2.18. The Kier molecular flexibility index (Phi) is 7.25. The van der Waals surface area contributed by atoms with Crippen molar-refractivity contribution in [2.45, 2.75) is 6.42 Å². The molecule has 3 heterocycles. The van der Waals surface area contributed by atoms with Crippen LogP contribution < -0.4 is 4.90 Å².